The Morgan fingerprint density at radius 1 is 1.53 bits per heavy atom. The lowest BCUT2D eigenvalue weighted by Gasteiger charge is -2.12. The van der Waals surface area contributed by atoms with Crippen molar-refractivity contribution >= 4 is 17.4 Å². The molecule has 2 rings (SSSR count). The number of aromatic carboxylic acids is 1. The molecule has 2 aromatic rings. The molecule has 0 spiro atoms. The van der Waals surface area contributed by atoms with E-state index in [-0.39, 0.29) is 5.56 Å². The molecule has 102 valence electrons. The number of aryl methyl sites for hydroxylation is 1. The van der Waals surface area contributed by atoms with Crippen molar-refractivity contribution in [1.82, 2.24) is 19.5 Å². The van der Waals surface area contributed by atoms with Gasteiger partial charge in [0.15, 0.2) is 5.65 Å². The molecule has 0 radical (unpaired) electrons. The number of carboxylic acid groups (broad SMARTS) is 1. The van der Waals surface area contributed by atoms with Crippen molar-refractivity contribution in [3.05, 3.63) is 23.5 Å². The summed E-state index contributed by atoms with van der Waals surface area (Å²) in [6.07, 6.45) is 1.32. The number of aromatic nitrogens is 3. The molecular formula is C12H17N5O2. The largest absolute Gasteiger partial charge is 0.477 e. The summed E-state index contributed by atoms with van der Waals surface area (Å²) in [6, 6.07) is 1.85. The van der Waals surface area contributed by atoms with Gasteiger partial charge in [0.2, 0.25) is 0 Å². The normalized spacial score (nSPS) is 11.2. The first-order valence-corrected chi connectivity index (χ1v) is 5.96. The zero-order chi connectivity index (χ0) is 14.0. The number of carbonyl (C=O) groups is 1. The van der Waals surface area contributed by atoms with Crippen LogP contribution in [0.5, 0.6) is 0 Å². The smallest absolute Gasteiger partial charge is 0.341 e. The van der Waals surface area contributed by atoms with E-state index < -0.39 is 5.97 Å². The average molecular weight is 263 g/mol. The zero-order valence-electron chi connectivity index (χ0n) is 11.2. The van der Waals surface area contributed by atoms with Crippen molar-refractivity contribution in [2.24, 2.45) is 0 Å². The first-order chi connectivity index (χ1) is 8.99. The molecule has 0 amide bonds. The second-order valence-electron chi connectivity index (χ2n) is 4.61. The highest BCUT2D eigenvalue weighted by atomic mass is 16.4. The Kier molecular flexibility index (Phi) is 3.66. The summed E-state index contributed by atoms with van der Waals surface area (Å²) in [7, 11) is 3.98. The van der Waals surface area contributed by atoms with Gasteiger partial charge < -0.3 is 15.3 Å². The fourth-order valence-electron chi connectivity index (χ4n) is 1.77. The first kappa shape index (κ1) is 13.3. The maximum Gasteiger partial charge on any atom is 0.341 e. The molecule has 0 bridgehead atoms. The number of anilines is 1. The quantitative estimate of drug-likeness (QED) is 0.826. The lowest BCUT2D eigenvalue weighted by Crippen LogP contribution is -2.21. The Morgan fingerprint density at radius 3 is 2.89 bits per heavy atom. The van der Waals surface area contributed by atoms with E-state index in [4.69, 9.17) is 5.11 Å². The molecule has 2 N–H and O–H groups in total. The number of fused-ring (bicyclic) bond motifs is 1. The van der Waals surface area contributed by atoms with Crippen LogP contribution in [0.1, 0.15) is 16.1 Å². The standard InChI is InChI=1S/C12H17N5O2/c1-8-6-10(13-4-5-16(2)3)17-11(15-8)9(7-14-17)12(18)19/h6-7,13H,4-5H2,1-3H3,(H,18,19). The number of nitrogens with zero attached hydrogens (tertiary/aromatic N) is 4. The summed E-state index contributed by atoms with van der Waals surface area (Å²) >= 11 is 0. The number of hydrogen-bond acceptors (Lipinski definition) is 5. The van der Waals surface area contributed by atoms with Crippen LogP contribution < -0.4 is 5.32 Å². The van der Waals surface area contributed by atoms with Gasteiger partial charge in [-0.2, -0.15) is 9.61 Å². The monoisotopic (exact) mass is 263 g/mol. The summed E-state index contributed by atoms with van der Waals surface area (Å²) in [5.74, 6) is -0.274. The van der Waals surface area contributed by atoms with E-state index in [9.17, 15) is 4.79 Å². The summed E-state index contributed by atoms with van der Waals surface area (Å²) in [6.45, 7) is 3.44. The van der Waals surface area contributed by atoms with Gasteiger partial charge >= 0.3 is 5.97 Å². The second kappa shape index (κ2) is 5.23. The van der Waals surface area contributed by atoms with Crippen molar-refractivity contribution in [3.8, 4) is 0 Å². The van der Waals surface area contributed by atoms with Gasteiger partial charge in [-0.1, -0.05) is 0 Å². The molecule has 0 saturated carbocycles. The number of hydrogen-bond donors (Lipinski definition) is 2. The molecule has 0 unspecified atom stereocenters. The number of likely N-dealkylation sites (N-methyl/N-ethyl adjacent to an activating group) is 1. The Hall–Kier alpha value is -2.15. The van der Waals surface area contributed by atoms with Crippen molar-refractivity contribution in [1.29, 1.82) is 0 Å². The fourth-order valence-corrected chi connectivity index (χ4v) is 1.77. The third-order valence-corrected chi connectivity index (χ3v) is 2.70. The second-order valence-corrected chi connectivity index (χ2v) is 4.61. The van der Waals surface area contributed by atoms with Crippen LogP contribution in [-0.4, -0.2) is 57.8 Å². The molecule has 0 saturated heterocycles. The van der Waals surface area contributed by atoms with Gasteiger partial charge in [-0.3, -0.25) is 0 Å². The van der Waals surface area contributed by atoms with Gasteiger partial charge in [-0.05, 0) is 21.0 Å². The number of nitrogens with one attached hydrogen (secondary N) is 1. The topological polar surface area (TPSA) is 82.8 Å². The molecule has 7 nitrogen and oxygen atoms in total. The van der Waals surface area contributed by atoms with Crippen LogP contribution in [0.2, 0.25) is 0 Å². The van der Waals surface area contributed by atoms with E-state index in [1.54, 1.807) is 0 Å². The molecule has 0 fully saturated rings. The Bertz CT molecular complexity index is 605. The lowest BCUT2D eigenvalue weighted by molar-refractivity contribution is 0.0699. The van der Waals surface area contributed by atoms with E-state index in [1.165, 1.54) is 10.7 Å². The maximum atomic E-state index is 11.1. The predicted octanol–water partition coefficient (Wildman–Crippen LogP) is 0.709. The minimum atomic E-state index is -1.02. The maximum absolute atomic E-state index is 11.1. The molecule has 2 heterocycles. The van der Waals surface area contributed by atoms with E-state index in [0.29, 0.717) is 5.65 Å². The molecule has 0 aromatic carbocycles. The first-order valence-electron chi connectivity index (χ1n) is 5.96. The van der Waals surface area contributed by atoms with Crippen molar-refractivity contribution in [3.63, 3.8) is 0 Å². The van der Waals surface area contributed by atoms with E-state index in [2.05, 4.69) is 20.3 Å². The highest BCUT2D eigenvalue weighted by molar-refractivity contribution is 5.94. The van der Waals surface area contributed by atoms with Crippen LogP contribution in [0.15, 0.2) is 12.3 Å². The SMILES string of the molecule is Cc1cc(NCCN(C)C)n2ncc(C(=O)O)c2n1. The predicted molar refractivity (Wildman–Crippen MR) is 71.7 cm³/mol. The molecule has 0 atom stereocenters. The Morgan fingerprint density at radius 2 is 2.26 bits per heavy atom. The highest BCUT2D eigenvalue weighted by Gasteiger charge is 2.15. The van der Waals surface area contributed by atoms with Crippen LogP contribution in [0.25, 0.3) is 5.65 Å². The van der Waals surface area contributed by atoms with Crippen LogP contribution in [0.3, 0.4) is 0 Å². The zero-order valence-corrected chi connectivity index (χ0v) is 11.2. The van der Waals surface area contributed by atoms with E-state index in [1.807, 2.05) is 27.1 Å². The number of rotatable bonds is 5. The van der Waals surface area contributed by atoms with Crippen LogP contribution in [0.4, 0.5) is 5.82 Å². The molecule has 19 heavy (non-hydrogen) atoms. The molecule has 0 aliphatic heterocycles. The van der Waals surface area contributed by atoms with Gasteiger partial charge in [-0.25, -0.2) is 9.78 Å². The van der Waals surface area contributed by atoms with Crippen LogP contribution >= 0.6 is 0 Å². The van der Waals surface area contributed by atoms with E-state index >= 15 is 0 Å². The molecule has 7 heteroatoms. The molecule has 0 aliphatic rings. The lowest BCUT2D eigenvalue weighted by atomic mass is 10.3. The summed E-state index contributed by atoms with van der Waals surface area (Å²) in [5.41, 5.74) is 1.22. The highest BCUT2D eigenvalue weighted by Crippen LogP contribution is 2.15. The van der Waals surface area contributed by atoms with Crippen LogP contribution in [-0.2, 0) is 0 Å². The average Bonchev–Trinajstić information content (AvgIpc) is 2.71. The van der Waals surface area contributed by atoms with E-state index in [0.717, 1.165) is 24.6 Å². The summed E-state index contributed by atoms with van der Waals surface area (Å²) in [4.78, 5) is 17.4. The molecular weight excluding hydrogens is 246 g/mol. The van der Waals surface area contributed by atoms with Gasteiger partial charge in [0, 0.05) is 24.8 Å². The van der Waals surface area contributed by atoms with Crippen molar-refractivity contribution < 1.29 is 9.90 Å². The minimum absolute atomic E-state index is 0.111. The molecule has 2 aromatic heterocycles. The van der Waals surface area contributed by atoms with Gasteiger partial charge in [0.05, 0.1) is 6.20 Å². The van der Waals surface area contributed by atoms with Gasteiger partial charge in [-0.15, -0.1) is 0 Å². The van der Waals surface area contributed by atoms with Crippen molar-refractivity contribution in [2.75, 3.05) is 32.5 Å². The fraction of sp³-hybridized carbons (Fsp3) is 0.417. The van der Waals surface area contributed by atoms with Crippen LogP contribution in [0, 0.1) is 6.92 Å². The Balaban J connectivity index is 2.35. The minimum Gasteiger partial charge on any atom is -0.477 e. The third-order valence-electron chi connectivity index (χ3n) is 2.70. The number of carboxylic acids is 1. The van der Waals surface area contributed by atoms with Gasteiger partial charge in [0.25, 0.3) is 0 Å². The molecule has 0 aliphatic carbocycles. The third kappa shape index (κ3) is 2.82. The van der Waals surface area contributed by atoms with Crippen molar-refractivity contribution in [2.45, 2.75) is 6.92 Å². The Labute approximate surface area is 110 Å². The summed E-state index contributed by atoms with van der Waals surface area (Å²) in [5, 5.41) is 16.4. The summed E-state index contributed by atoms with van der Waals surface area (Å²) < 4.78 is 1.52. The van der Waals surface area contributed by atoms with Gasteiger partial charge in [0.1, 0.15) is 11.4 Å².